The number of hydrogen-bond acceptors (Lipinski definition) is 0. The van der Waals surface area contributed by atoms with Crippen molar-refractivity contribution >= 4 is 15.9 Å². The van der Waals surface area contributed by atoms with Gasteiger partial charge >= 0.3 is 0 Å². The molecule has 1 aliphatic rings. The Morgan fingerprint density at radius 1 is 1.62 bits per heavy atom. The highest BCUT2D eigenvalue weighted by Crippen LogP contribution is 2.41. The van der Waals surface area contributed by atoms with E-state index in [2.05, 4.69) is 22.9 Å². The smallest absolute Gasteiger partial charge is 0.0177 e. The molecule has 0 saturated heterocycles. The molecule has 0 aromatic rings. The monoisotopic (exact) mass is 176 g/mol. The Morgan fingerprint density at radius 3 is 2.62 bits per heavy atom. The minimum Gasteiger partial charge on any atom is -0.0888 e. The van der Waals surface area contributed by atoms with Crippen LogP contribution in [0.25, 0.3) is 0 Å². The van der Waals surface area contributed by atoms with E-state index in [1.165, 1.54) is 25.7 Å². The fourth-order valence-corrected chi connectivity index (χ4v) is 1.72. The first-order valence-electron chi connectivity index (χ1n) is 3.48. The van der Waals surface area contributed by atoms with Crippen molar-refractivity contribution in [2.24, 2.45) is 5.92 Å². The summed E-state index contributed by atoms with van der Waals surface area (Å²) in [5.74, 6) is 1.04. The molecule has 1 rings (SSSR count). The minimum atomic E-state index is 0.883. The maximum absolute atomic E-state index is 3.58. The molecule has 0 N–H and O–H groups in total. The summed E-state index contributed by atoms with van der Waals surface area (Å²) in [6.45, 7) is 2.26. The predicted octanol–water partition coefficient (Wildman–Crippen LogP) is 2.96. The summed E-state index contributed by atoms with van der Waals surface area (Å²) in [4.78, 5) is 0.883. The van der Waals surface area contributed by atoms with E-state index in [0.29, 0.717) is 0 Å². The van der Waals surface area contributed by atoms with Gasteiger partial charge in [-0.25, -0.2) is 0 Å². The van der Waals surface area contributed by atoms with Crippen LogP contribution >= 0.6 is 15.9 Å². The lowest BCUT2D eigenvalue weighted by Gasteiger charge is -1.90. The van der Waals surface area contributed by atoms with Crippen LogP contribution in [0.1, 0.15) is 32.6 Å². The van der Waals surface area contributed by atoms with E-state index in [0.717, 1.165) is 10.7 Å². The van der Waals surface area contributed by atoms with Crippen molar-refractivity contribution < 1.29 is 0 Å². The Morgan fingerprint density at radius 2 is 2.25 bits per heavy atom. The fourth-order valence-electron chi connectivity index (χ4n) is 0.976. The lowest BCUT2D eigenvalue weighted by atomic mass is 10.2. The van der Waals surface area contributed by atoms with Gasteiger partial charge in [0.25, 0.3) is 0 Å². The molecule has 0 aliphatic heterocycles. The number of hydrogen-bond donors (Lipinski definition) is 0. The van der Waals surface area contributed by atoms with Crippen LogP contribution < -0.4 is 0 Å². The van der Waals surface area contributed by atoms with Crippen molar-refractivity contribution in [2.75, 3.05) is 0 Å². The van der Waals surface area contributed by atoms with Crippen LogP contribution in [0, 0.1) is 5.92 Å². The van der Waals surface area contributed by atoms with E-state index in [9.17, 15) is 0 Å². The number of alkyl halides is 1. The van der Waals surface area contributed by atoms with Gasteiger partial charge in [-0.2, -0.15) is 0 Å². The molecular formula is C7H13Br. The molecule has 0 nitrogen and oxygen atoms in total. The molecule has 0 spiro atoms. The molecule has 8 heavy (non-hydrogen) atoms. The molecule has 48 valence electrons. The first kappa shape index (κ1) is 6.60. The summed E-state index contributed by atoms with van der Waals surface area (Å²) < 4.78 is 0. The molecular weight excluding hydrogens is 164 g/mol. The van der Waals surface area contributed by atoms with Crippen molar-refractivity contribution in [2.45, 2.75) is 37.4 Å². The molecule has 0 amide bonds. The first-order chi connectivity index (χ1) is 3.84. The Bertz CT molecular complexity index is 70.8. The Hall–Kier alpha value is 0.480. The maximum Gasteiger partial charge on any atom is 0.0177 e. The van der Waals surface area contributed by atoms with Crippen LogP contribution in [0.4, 0.5) is 0 Å². The highest BCUT2D eigenvalue weighted by Gasteiger charge is 2.33. The molecule has 1 aliphatic carbocycles. The van der Waals surface area contributed by atoms with Gasteiger partial charge in [-0.05, 0) is 18.8 Å². The summed E-state index contributed by atoms with van der Waals surface area (Å²) in [5, 5.41) is 0. The third kappa shape index (κ3) is 1.77. The van der Waals surface area contributed by atoms with Crippen LogP contribution in [0.3, 0.4) is 0 Å². The molecule has 1 fully saturated rings. The normalized spacial score (nSPS) is 35.2. The lowest BCUT2D eigenvalue weighted by Crippen LogP contribution is -1.78. The van der Waals surface area contributed by atoms with Gasteiger partial charge in [0.2, 0.25) is 0 Å². The SMILES string of the molecule is CCCC[C@@H]1C[C@H]1Br. The van der Waals surface area contributed by atoms with E-state index in [1.54, 1.807) is 0 Å². The van der Waals surface area contributed by atoms with Crippen LogP contribution in [0.2, 0.25) is 0 Å². The molecule has 1 saturated carbocycles. The molecule has 0 aromatic heterocycles. The quantitative estimate of drug-likeness (QED) is 0.581. The average molecular weight is 177 g/mol. The third-order valence-corrected chi connectivity index (χ3v) is 2.89. The van der Waals surface area contributed by atoms with Gasteiger partial charge in [-0.1, -0.05) is 35.7 Å². The fraction of sp³-hybridized carbons (Fsp3) is 1.00. The zero-order valence-corrected chi connectivity index (χ0v) is 6.95. The second-order valence-corrected chi connectivity index (χ2v) is 3.83. The highest BCUT2D eigenvalue weighted by molar-refractivity contribution is 9.09. The van der Waals surface area contributed by atoms with Crippen molar-refractivity contribution in [3.63, 3.8) is 0 Å². The molecule has 0 bridgehead atoms. The average Bonchev–Trinajstić information content (AvgIpc) is 2.42. The van der Waals surface area contributed by atoms with Crippen molar-refractivity contribution in [1.82, 2.24) is 0 Å². The summed E-state index contributed by atoms with van der Waals surface area (Å²) in [6.07, 6.45) is 5.66. The first-order valence-corrected chi connectivity index (χ1v) is 4.40. The second-order valence-electron chi connectivity index (χ2n) is 2.65. The van der Waals surface area contributed by atoms with Gasteiger partial charge in [0.05, 0.1) is 0 Å². The van der Waals surface area contributed by atoms with E-state index < -0.39 is 0 Å². The van der Waals surface area contributed by atoms with Crippen LogP contribution in [-0.4, -0.2) is 4.83 Å². The van der Waals surface area contributed by atoms with Gasteiger partial charge in [0.1, 0.15) is 0 Å². The topological polar surface area (TPSA) is 0 Å². The minimum absolute atomic E-state index is 0.883. The zero-order chi connectivity index (χ0) is 5.98. The number of halogens is 1. The number of rotatable bonds is 3. The summed E-state index contributed by atoms with van der Waals surface area (Å²) >= 11 is 3.58. The predicted molar refractivity (Wildman–Crippen MR) is 40.3 cm³/mol. The lowest BCUT2D eigenvalue weighted by molar-refractivity contribution is 0.657. The van der Waals surface area contributed by atoms with Crippen molar-refractivity contribution in [3.05, 3.63) is 0 Å². The van der Waals surface area contributed by atoms with E-state index in [1.807, 2.05) is 0 Å². The Balaban J connectivity index is 1.89. The van der Waals surface area contributed by atoms with Crippen molar-refractivity contribution in [1.29, 1.82) is 0 Å². The van der Waals surface area contributed by atoms with Crippen LogP contribution in [0.5, 0.6) is 0 Å². The summed E-state index contributed by atoms with van der Waals surface area (Å²) in [7, 11) is 0. The van der Waals surface area contributed by atoms with Gasteiger partial charge in [0, 0.05) is 4.83 Å². The van der Waals surface area contributed by atoms with Gasteiger partial charge in [0.15, 0.2) is 0 Å². The summed E-state index contributed by atoms with van der Waals surface area (Å²) in [6, 6.07) is 0. The third-order valence-electron chi connectivity index (χ3n) is 1.76. The molecule has 0 unspecified atom stereocenters. The van der Waals surface area contributed by atoms with Gasteiger partial charge in [-0.3, -0.25) is 0 Å². The van der Waals surface area contributed by atoms with Gasteiger partial charge in [-0.15, -0.1) is 0 Å². The zero-order valence-electron chi connectivity index (χ0n) is 5.36. The van der Waals surface area contributed by atoms with E-state index in [4.69, 9.17) is 0 Å². The Labute approximate surface area is 59.8 Å². The number of unbranched alkanes of at least 4 members (excludes halogenated alkanes) is 1. The molecule has 2 atom stereocenters. The van der Waals surface area contributed by atoms with Crippen LogP contribution in [-0.2, 0) is 0 Å². The van der Waals surface area contributed by atoms with E-state index >= 15 is 0 Å². The maximum atomic E-state index is 3.58. The Kier molecular flexibility index (Phi) is 2.36. The standard InChI is InChI=1S/C7H13Br/c1-2-3-4-6-5-7(6)8/h6-7H,2-5H2,1H3/t6-,7-/m1/s1. The largest absolute Gasteiger partial charge is 0.0888 e. The molecule has 0 radical (unpaired) electrons. The second kappa shape index (κ2) is 2.86. The van der Waals surface area contributed by atoms with Crippen molar-refractivity contribution in [3.8, 4) is 0 Å². The molecule has 1 heteroatoms. The summed E-state index contributed by atoms with van der Waals surface area (Å²) in [5.41, 5.74) is 0. The van der Waals surface area contributed by atoms with Gasteiger partial charge < -0.3 is 0 Å². The highest BCUT2D eigenvalue weighted by atomic mass is 79.9. The molecule has 0 aromatic carbocycles. The van der Waals surface area contributed by atoms with Crippen LogP contribution in [0.15, 0.2) is 0 Å². The van der Waals surface area contributed by atoms with E-state index in [-0.39, 0.29) is 0 Å². The molecule has 0 heterocycles.